The van der Waals surface area contributed by atoms with Gasteiger partial charge in [-0.05, 0) is 41.8 Å². The average molecular weight is 367 g/mol. The molecule has 0 radical (unpaired) electrons. The zero-order chi connectivity index (χ0) is 19.2. The third kappa shape index (κ3) is 4.73. The quantitative estimate of drug-likeness (QED) is 0.651. The van der Waals surface area contributed by atoms with Gasteiger partial charge >= 0.3 is 0 Å². The number of methoxy groups -OCH3 is 1. The summed E-state index contributed by atoms with van der Waals surface area (Å²) in [6.07, 6.45) is 1.14. The van der Waals surface area contributed by atoms with Gasteiger partial charge in [-0.2, -0.15) is 0 Å². The predicted molar refractivity (Wildman–Crippen MR) is 113 cm³/mol. The van der Waals surface area contributed by atoms with Gasteiger partial charge in [0.2, 0.25) is 0 Å². The van der Waals surface area contributed by atoms with Crippen LogP contribution in [0.25, 0.3) is 0 Å². The van der Waals surface area contributed by atoms with E-state index in [4.69, 9.17) is 4.74 Å². The van der Waals surface area contributed by atoms with Gasteiger partial charge in [0.05, 0.1) is 7.11 Å². The summed E-state index contributed by atoms with van der Waals surface area (Å²) < 4.78 is 5.26. The Labute approximate surface area is 162 Å². The molecule has 1 aliphatic heterocycles. The Kier molecular flexibility index (Phi) is 6.22. The van der Waals surface area contributed by atoms with Crippen molar-refractivity contribution in [3.63, 3.8) is 0 Å². The highest BCUT2D eigenvalue weighted by Crippen LogP contribution is 2.28. The van der Waals surface area contributed by atoms with Gasteiger partial charge in [0.1, 0.15) is 5.75 Å². The summed E-state index contributed by atoms with van der Waals surface area (Å²) in [5.74, 6) is 2.42. The van der Waals surface area contributed by atoms with Gasteiger partial charge in [-0.1, -0.05) is 24.3 Å². The van der Waals surface area contributed by atoms with Gasteiger partial charge in [0.25, 0.3) is 0 Å². The van der Waals surface area contributed by atoms with E-state index in [0.29, 0.717) is 5.92 Å². The van der Waals surface area contributed by atoms with E-state index in [2.05, 4.69) is 70.6 Å². The van der Waals surface area contributed by atoms with E-state index >= 15 is 0 Å². The molecule has 2 aromatic rings. The average Bonchev–Trinajstić information content (AvgIpc) is 3.19. The molecule has 0 aromatic heterocycles. The standard InChI is InChI=1S/C22H30N4O/c1-23-22(24-15-17-5-9-20(10-6-17)25(2)3)26-14-13-19(16-26)18-7-11-21(27-4)12-8-18/h5-12,19H,13-16H2,1-4H3,(H,23,24). The molecule has 0 aliphatic carbocycles. The topological polar surface area (TPSA) is 40.1 Å². The van der Waals surface area contributed by atoms with Gasteiger partial charge in [0, 0.05) is 52.4 Å². The molecule has 1 atom stereocenters. The zero-order valence-corrected chi connectivity index (χ0v) is 16.8. The Morgan fingerprint density at radius 2 is 1.85 bits per heavy atom. The minimum atomic E-state index is 0.536. The van der Waals surface area contributed by atoms with Crippen molar-refractivity contribution in [2.75, 3.05) is 46.2 Å². The summed E-state index contributed by atoms with van der Waals surface area (Å²) in [5, 5.41) is 3.51. The molecule has 2 aromatic carbocycles. The highest BCUT2D eigenvalue weighted by Gasteiger charge is 2.26. The molecule has 0 amide bonds. The number of aliphatic imine (C=N–C) groups is 1. The second-order valence-corrected chi connectivity index (χ2v) is 7.17. The Morgan fingerprint density at radius 1 is 1.15 bits per heavy atom. The van der Waals surface area contributed by atoms with Crippen LogP contribution in [-0.4, -0.2) is 52.2 Å². The van der Waals surface area contributed by atoms with E-state index in [9.17, 15) is 0 Å². The lowest BCUT2D eigenvalue weighted by Crippen LogP contribution is -2.39. The minimum absolute atomic E-state index is 0.536. The normalized spacial score (nSPS) is 17.1. The maximum absolute atomic E-state index is 5.26. The van der Waals surface area contributed by atoms with Gasteiger partial charge in [-0.25, -0.2) is 0 Å². The molecule has 5 heteroatoms. The molecule has 0 saturated carbocycles. The number of hydrogen-bond donors (Lipinski definition) is 1. The molecule has 1 saturated heterocycles. The summed E-state index contributed by atoms with van der Waals surface area (Å²) in [6.45, 7) is 2.80. The van der Waals surface area contributed by atoms with Crippen molar-refractivity contribution in [2.45, 2.75) is 18.9 Å². The molecule has 3 rings (SSSR count). The van der Waals surface area contributed by atoms with Crippen LogP contribution >= 0.6 is 0 Å². The number of ether oxygens (including phenoxy) is 1. The van der Waals surface area contributed by atoms with Gasteiger partial charge in [0.15, 0.2) is 5.96 Å². The minimum Gasteiger partial charge on any atom is -0.497 e. The van der Waals surface area contributed by atoms with Crippen molar-refractivity contribution < 1.29 is 4.74 Å². The zero-order valence-electron chi connectivity index (χ0n) is 16.8. The molecular formula is C22H30N4O. The molecule has 144 valence electrons. The molecule has 1 unspecified atom stereocenters. The number of benzene rings is 2. The second-order valence-electron chi connectivity index (χ2n) is 7.17. The molecule has 1 N–H and O–H groups in total. The van der Waals surface area contributed by atoms with Crippen molar-refractivity contribution in [1.82, 2.24) is 10.2 Å². The number of anilines is 1. The third-order valence-electron chi connectivity index (χ3n) is 5.19. The molecular weight excluding hydrogens is 336 g/mol. The van der Waals surface area contributed by atoms with Crippen molar-refractivity contribution in [2.24, 2.45) is 4.99 Å². The van der Waals surface area contributed by atoms with Crippen LogP contribution in [-0.2, 0) is 6.54 Å². The van der Waals surface area contributed by atoms with Crippen molar-refractivity contribution in [3.8, 4) is 5.75 Å². The number of rotatable bonds is 5. The van der Waals surface area contributed by atoms with E-state index in [0.717, 1.165) is 37.8 Å². The summed E-state index contributed by atoms with van der Waals surface area (Å²) in [6, 6.07) is 17.1. The lowest BCUT2D eigenvalue weighted by molar-refractivity contribution is 0.414. The molecule has 1 heterocycles. The van der Waals surface area contributed by atoms with Crippen LogP contribution in [0.2, 0.25) is 0 Å². The van der Waals surface area contributed by atoms with Crippen LogP contribution < -0.4 is 15.0 Å². The summed E-state index contributed by atoms with van der Waals surface area (Å²) >= 11 is 0. The number of guanidine groups is 1. The first-order valence-corrected chi connectivity index (χ1v) is 9.46. The van der Waals surface area contributed by atoms with Crippen LogP contribution in [0.3, 0.4) is 0 Å². The second kappa shape index (κ2) is 8.80. The maximum atomic E-state index is 5.26. The van der Waals surface area contributed by atoms with Gasteiger partial charge in [-0.15, -0.1) is 0 Å². The lowest BCUT2D eigenvalue weighted by Gasteiger charge is -2.22. The largest absolute Gasteiger partial charge is 0.497 e. The van der Waals surface area contributed by atoms with Crippen LogP contribution in [0.5, 0.6) is 5.75 Å². The molecule has 1 aliphatic rings. The van der Waals surface area contributed by atoms with Crippen LogP contribution in [0.4, 0.5) is 5.69 Å². The van der Waals surface area contributed by atoms with Crippen molar-refractivity contribution in [3.05, 3.63) is 59.7 Å². The number of nitrogens with zero attached hydrogens (tertiary/aromatic N) is 3. The molecule has 0 spiro atoms. The Morgan fingerprint density at radius 3 is 2.44 bits per heavy atom. The number of nitrogens with one attached hydrogen (secondary N) is 1. The highest BCUT2D eigenvalue weighted by molar-refractivity contribution is 5.80. The molecule has 5 nitrogen and oxygen atoms in total. The number of hydrogen-bond acceptors (Lipinski definition) is 3. The Balaban J connectivity index is 1.56. The number of likely N-dealkylation sites (tertiary alicyclic amines) is 1. The first kappa shape index (κ1) is 19.1. The predicted octanol–water partition coefficient (Wildman–Crippen LogP) is 3.33. The van der Waals surface area contributed by atoms with Crippen LogP contribution in [0.15, 0.2) is 53.5 Å². The maximum Gasteiger partial charge on any atom is 0.193 e. The van der Waals surface area contributed by atoms with Crippen LogP contribution in [0, 0.1) is 0 Å². The van der Waals surface area contributed by atoms with E-state index in [1.165, 1.54) is 16.8 Å². The highest BCUT2D eigenvalue weighted by atomic mass is 16.5. The first-order chi connectivity index (χ1) is 13.1. The monoisotopic (exact) mass is 366 g/mol. The van der Waals surface area contributed by atoms with Crippen molar-refractivity contribution >= 4 is 11.6 Å². The van der Waals surface area contributed by atoms with E-state index in [1.54, 1.807) is 7.11 Å². The van der Waals surface area contributed by atoms with Gasteiger partial charge < -0.3 is 19.9 Å². The fourth-order valence-electron chi connectivity index (χ4n) is 3.53. The molecule has 27 heavy (non-hydrogen) atoms. The molecule has 0 bridgehead atoms. The van der Waals surface area contributed by atoms with Crippen LogP contribution in [0.1, 0.15) is 23.5 Å². The SMILES string of the molecule is CN=C(NCc1ccc(N(C)C)cc1)N1CCC(c2ccc(OC)cc2)C1. The van der Waals surface area contributed by atoms with Crippen molar-refractivity contribution in [1.29, 1.82) is 0 Å². The molecule has 1 fully saturated rings. The third-order valence-corrected chi connectivity index (χ3v) is 5.19. The fourth-order valence-corrected chi connectivity index (χ4v) is 3.53. The summed E-state index contributed by atoms with van der Waals surface area (Å²) in [7, 11) is 7.68. The van der Waals surface area contributed by atoms with E-state index < -0.39 is 0 Å². The summed E-state index contributed by atoms with van der Waals surface area (Å²) in [4.78, 5) is 8.95. The fraction of sp³-hybridized carbons (Fsp3) is 0.409. The Bertz CT molecular complexity index is 753. The van der Waals surface area contributed by atoms with Gasteiger partial charge in [-0.3, -0.25) is 4.99 Å². The Hall–Kier alpha value is -2.69. The summed E-state index contributed by atoms with van der Waals surface area (Å²) in [5.41, 5.74) is 3.84. The smallest absolute Gasteiger partial charge is 0.193 e. The lowest BCUT2D eigenvalue weighted by atomic mass is 9.98. The van der Waals surface area contributed by atoms with E-state index in [1.807, 2.05) is 19.2 Å². The first-order valence-electron chi connectivity index (χ1n) is 9.46. The van der Waals surface area contributed by atoms with E-state index in [-0.39, 0.29) is 0 Å².